The van der Waals surface area contributed by atoms with Gasteiger partial charge in [-0.2, -0.15) is 0 Å². The summed E-state index contributed by atoms with van der Waals surface area (Å²) in [6.45, 7) is 8.15. The summed E-state index contributed by atoms with van der Waals surface area (Å²) in [5.74, 6) is 0.341. The van der Waals surface area contributed by atoms with Crippen molar-refractivity contribution in [2.24, 2.45) is 0 Å². The molecule has 0 radical (unpaired) electrons. The molecule has 0 saturated carbocycles. The number of nitrogens with zero attached hydrogens (tertiary/aromatic N) is 2. The van der Waals surface area contributed by atoms with Crippen LogP contribution in [-0.2, 0) is 0 Å². The van der Waals surface area contributed by atoms with Crippen LogP contribution < -0.4 is 15.0 Å². The number of hydrogen-bond donors (Lipinski definition) is 1. The van der Waals surface area contributed by atoms with Crippen LogP contribution in [0.3, 0.4) is 0 Å². The van der Waals surface area contributed by atoms with Crippen LogP contribution in [0.4, 0.5) is 11.4 Å². The molecule has 1 atom stereocenters. The molecule has 0 amide bonds. The lowest BCUT2D eigenvalue weighted by atomic mass is 10.1. The molecule has 0 aliphatic carbocycles. The first-order valence-corrected chi connectivity index (χ1v) is 6.91. The highest BCUT2D eigenvalue weighted by molar-refractivity contribution is 5.70. The van der Waals surface area contributed by atoms with Crippen LogP contribution in [-0.4, -0.2) is 36.7 Å². The predicted octanol–water partition coefficient (Wildman–Crippen LogP) is 2.18. The highest BCUT2D eigenvalue weighted by atomic mass is 16.6. The Morgan fingerprint density at radius 2 is 2.25 bits per heavy atom. The fraction of sp³-hybridized carbons (Fsp3) is 0.571. The van der Waals surface area contributed by atoms with E-state index in [4.69, 9.17) is 4.74 Å². The maximum Gasteiger partial charge on any atom is 0.333 e. The molecule has 0 unspecified atom stereocenters. The van der Waals surface area contributed by atoms with Crippen molar-refractivity contribution in [3.63, 3.8) is 0 Å². The monoisotopic (exact) mass is 279 g/mol. The topological polar surface area (TPSA) is 67.6 Å². The average Bonchev–Trinajstić information content (AvgIpc) is 2.37. The molecule has 6 heteroatoms. The summed E-state index contributed by atoms with van der Waals surface area (Å²) in [4.78, 5) is 13.1. The van der Waals surface area contributed by atoms with E-state index in [1.165, 1.54) is 0 Å². The van der Waals surface area contributed by atoms with E-state index in [0.717, 1.165) is 19.6 Å². The molecule has 20 heavy (non-hydrogen) atoms. The molecular weight excluding hydrogens is 258 g/mol. The molecule has 0 aromatic heterocycles. The second kappa shape index (κ2) is 6.09. The number of benzene rings is 1. The Morgan fingerprint density at radius 1 is 1.50 bits per heavy atom. The second-order valence-corrected chi connectivity index (χ2v) is 5.35. The third-order valence-electron chi connectivity index (χ3n) is 3.23. The van der Waals surface area contributed by atoms with Crippen molar-refractivity contribution in [2.75, 3.05) is 24.5 Å². The fourth-order valence-corrected chi connectivity index (χ4v) is 2.45. The molecule has 1 fully saturated rings. The van der Waals surface area contributed by atoms with Gasteiger partial charge in [0.15, 0.2) is 5.75 Å². The Balaban J connectivity index is 2.38. The van der Waals surface area contributed by atoms with Crippen LogP contribution >= 0.6 is 0 Å². The molecule has 2 rings (SSSR count). The molecule has 1 aliphatic heterocycles. The maximum absolute atomic E-state index is 11.4. The van der Waals surface area contributed by atoms with Gasteiger partial charge in [-0.1, -0.05) is 6.07 Å². The van der Waals surface area contributed by atoms with E-state index >= 15 is 0 Å². The minimum atomic E-state index is -0.347. The SMILES string of the molecule is CC(C)Oc1cccc(N2CCN[C@@H](C)C2)c1[N+](=O)[O-]. The summed E-state index contributed by atoms with van der Waals surface area (Å²) in [6, 6.07) is 5.58. The van der Waals surface area contributed by atoms with Crippen molar-refractivity contribution in [1.82, 2.24) is 5.32 Å². The zero-order valence-electron chi connectivity index (χ0n) is 12.1. The summed E-state index contributed by atoms with van der Waals surface area (Å²) in [5.41, 5.74) is 0.705. The van der Waals surface area contributed by atoms with Crippen LogP contribution in [0, 0.1) is 10.1 Å². The van der Waals surface area contributed by atoms with E-state index in [-0.39, 0.29) is 16.7 Å². The van der Waals surface area contributed by atoms with Crippen LogP contribution in [0.5, 0.6) is 5.75 Å². The predicted molar refractivity (Wildman–Crippen MR) is 78.5 cm³/mol. The minimum Gasteiger partial charge on any atom is -0.484 e. The van der Waals surface area contributed by atoms with Crippen molar-refractivity contribution in [3.8, 4) is 5.75 Å². The van der Waals surface area contributed by atoms with Crippen molar-refractivity contribution >= 4 is 11.4 Å². The molecule has 1 saturated heterocycles. The smallest absolute Gasteiger partial charge is 0.333 e. The van der Waals surface area contributed by atoms with Gasteiger partial charge in [-0.25, -0.2) is 0 Å². The molecule has 1 N–H and O–H groups in total. The number of rotatable bonds is 4. The maximum atomic E-state index is 11.4. The average molecular weight is 279 g/mol. The number of nitro groups is 1. The van der Waals surface area contributed by atoms with Crippen LogP contribution in [0.2, 0.25) is 0 Å². The molecule has 1 heterocycles. The van der Waals surface area contributed by atoms with Crippen LogP contribution in [0.25, 0.3) is 0 Å². The summed E-state index contributed by atoms with van der Waals surface area (Å²) in [6.07, 6.45) is -0.0918. The van der Waals surface area contributed by atoms with Crippen molar-refractivity contribution in [3.05, 3.63) is 28.3 Å². The van der Waals surface area contributed by atoms with Gasteiger partial charge in [-0.15, -0.1) is 0 Å². The quantitative estimate of drug-likeness (QED) is 0.676. The van der Waals surface area contributed by atoms with Gasteiger partial charge in [0.1, 0.15) is 5.69 Å². The van der Waals surface area contributed by atoms with Crippen molar-refractivity contribution < 1.29 is 9.66 Å². The first kappa shape index (κ1) is 14.6. The summed E-state index contributed by atoms with van der Waals surface area (Å²) < 4.78 is 5.58. The summed E-state index contributed by atoms with van der Waals surface area (Å²) in [7, 11) is 0. The Bertz CT molecular complexity index is 491. The van der Waals surface area contributed by atoms with Gasteiger partial charge < -0.3 is 15.0 Å². The molecule has 1 aromatic carbocycles. The number of para-hydroxylation sites is 1. The van der Waals surface area contributed by atoms with Crippen molar-refractivity contribution in [2.45, 2.75) is 32.9 Å². The van der Waals surface area contributed by atoms with E-state index in [1.807, 2.05) is 24.8 Å². The zero-order chi connectivity index (χ0) is 14.7. The van der Waals surface area contributed by atoms with Gasteiger partial charge in [0.25, 0.3) is 0 Å². The normalized spacial score (nSPS) is 19.2. The fourth-order valence-electron chi connectivity index (χ4n) is 2.45. The van der Waals surface area contributed by atoms with E-state index < -0.39 is 0 Å². The van der Waals surface area contributed by atoms with E-state index in [9.17, 15) is 10.1 Å². The van der Waals surface area contributed by atoms with Gasteiger partial charge in [0.05, 0.1) is 11.0 Å². The highest BCUT2D eigenvalue weighted by Crippen LogP contribution is 2.37. The number of nitro benzene ring substituents is 1. The molecule has 1 aliphatic rings. The Morgan fingerprint density at radius 3 is 2.85 bits per heavy atom. The van der Waals surface area contributed by atoms with Gasteiger partial charge in [-0.05, 0) is 32.9 Å². The Kier molecular flexibility index (Phi) is 4.44. The van der Waals surface area contributed by atoms with E-state index in [1.54, 1.807) is 12.1 Å². The molecule has 0 spiro atoms. The largest absolute Gasteiger partial charge is 0.484 e. The summed E-state index contributed by atoms with van der Waals surface area (Å²) in [5, 5.41) is 14.8. The third-order valence-corrected chi connectivity index (χ3v) is 3.23. The zero-order valence-corrected chi connectivity index (χ0v) is 12.1. The van der Waals surface area contributed by atoms with E-state index in [0.29, 0.717) is 17.5 Å². The lowest BCUT2D eigenvalue weighted by Crippen LogP contribution is -2.49. The highest BCUT2D eigenvalue weighted by Gasteiger charge is 2.27. The molecular formula is C14H21N3O3. The van der Waals surface area contributed by atoms with Crippen LogP contribution in [0.1, 0.15) is 20.8 Å². The standard InChI is InChI=1S/C14H21N3O3/c1-10(2)20-13-6-4-5-12(14(13)17(18)19)16-8-7-15-11(3)9-16/h4-6,10-11,15H,7-9H2,1-3H3/t11-/m0/s1. The van der Waals surface area contributed by atoms with Gasteiger partial charge in [0.2, 0.25) is 0 Å². The Labute approximate surface area is 118 Å². The molecule has 0 bridgehead atoms. The van der Waals surface area contributed by atoms with Gasteiger partial charge >= 0.3 is 5.69 Å². The van der Waals surface area contributed by atoms with Gasteiger partial charge in [0, 0.05) is 25.7 Å². The number of nitrogens with one attached hydrogen (secondary N) is 1. The summed E-state index contributed by atoms with van der Waals surface area (Å²) >= 11 is 0. The third kappa shape index (κ3) is 3.19. The number of hydrogen-bond acceptors (Lipinski definition) is 5. The lowest BCUT2D eigenvalue weighted by molar-refractivity contribution is -0.385. The first-order valence-electron chi connectivity index (χ1n) is 6.91. The number of ether oxygens (including phenoxy) is 1. The molecule has 6 nitrogen and oxygen atoms in total. The second-order valence-electron chi connectivity index (χ2n) is 5.35. The van der Waals surface area contributed by atoms with E-state index in [2.05, 4.69) is 12.2 Å². The number of piperazine rings is 1. The van der Waals surface area contributed by atoms with Crippen molar-refractivity contribution in [1.29, 1.82) is 0 Å². The van der Waals surface area contributed by atoms with Gasteiger partial charge in [-0.3, -0.25) is 10.1 Å². The first-order chi connectivity index (χ1) is 9.49. The molecule has 110 valence electrons. The molecule has 1 aromatic rings. The number of anilines is 1. The lowest BCUT2D eigenvalue weighted by Gasteiger charge is -2.33. The minimum absolute atomic E-state index is 0.0651. The van der Waals surface area contributed by atoms with Crippen LogP contribution in [0.15, 0.2) is 18.2 Å². The Hall–Kier alpha value is -1.82.